The van der Waals surface area contributed by atoms with Crippen LogP contribution in [0.5, 0.6) is 11.5 Å². The SMILES string of the molecule is CC1CCC(/C=C/c2cc(F)c(OC(F)(F)c3cc(F)c(OC(F)(F)F)c(F)c3)c(F)c2)CC1. The molecule has 0 amide bonds. The van der Waals surface area contributed by atoms with Crippen molar-refractivity contribution >= 4 is 6.08 Å². The van der Waals surface area contributed by atoms with Crippen molar-refractivity contribution < 1.29 is 49.0 Å². The number of hydrogen-bond acceptors (Lipinski definition) is 2. The molecular weight excluding hydrogens is 479 g/mol. The third-order valence-corrected chi connectivity index (χ3v) is 5.42. The van der Waals surface area contributed by atoms with Gasteiger partial charge in [0.15, 0.2) is 29.0 Å². The highest BCUT2D eigenvalue weighted by molar-refractivity contribution is 5.52. The Balaban J connectivity index is 1.80. The molecule has 0 saturated heterocycles. The van der Waals surface area contributed by atoms with E-state index in [0.29, 0.717) is 5.92 Å². The summed E-state index contributed by atoms with van der Waals surface area (Å²) in [6.45, 7) is 2.13. The van der Waals surface area contributed by atoms with E-state index in [1.807, 2.05) is 0 Å². The molecule has 1 saturated carbocycles. The summed E-state index contributed by atoms with van der Waals surface area (Å²) < 4.78 is 129. The number of rotatable bonds is 6. The highest BCUT2D eigenvalue weighted by Crippen LogP contribution is 2.38. The average molecular weight is 498 g/mol. The highest BCUT2D eigenvalue weighted by Gasteiger charge is 2.40. The fourth-order valence-electron chi connectivity index (χ4n) is 3.63. The van der Waals surface area contributed by atoms with E-state index in [0.717, 1.165) is 37.8 Å². The summed E-state index contributed by atoms with van der Waals surface area (Å²) in [5, 5.41) is 0. The van der Waals surface area contributed by atoms with Gasteiger partial charge in [0, 0.05) is 0 Å². The Morgan fingerprint density at radius 3 is 1.71 bits per heavy atom. The van der Waals surface area contributed by atoms with Gasteiger partial charge in [-0.2, -0.15) is 8.78 Å². The summed E-state index contributed by atoms with van der Waals surface area (Å²) in [5.74, 6) is -9.91. The molecule has 0 aromatic heterocycles. The van der Waals surface area contributed by atoms with Gasteiger partial charge in [0.2, 0.25) is 5.75 Å². The van der Waals surface area contributed by atoms with Crippen LogP contribution >= 0.6 is 0 Å². The maximum atomic E-state index is 14.4. The van der Waals surface area contributed by atoms with Crippen molar-refractivity contribution in [1.82, 2.24) is 0 Å². The Labute approximate surface area is 189 Å². The molecule has 0 heterocycles. The summed E-state index contributed by atoms with van der Waals surface area (Å²) >= 11 is 0. The lowest BCUT2D eigenvalue weighted by atomic mass is 9.83. The van der Waals surface area contributed by atoms with Gasteiger partial charge in [-0.3, -0.25) is 0 Å². The second-order valence-corrected chi connectivity index (χ2v) is 8.13. The highest BCUT2D eigenvalue weighted by atomic mass is 19.4. The van der Waals surface area contributed by atoms with Crippen LogP contribution in [0.1, 0.15) is 43.7 Å². The van der Waals surface area contributed by atoms with Crippen LogP contribution in [-0.2, 0) is 6.11 Å². The lowest BCUT2D eigenvalue weighted by Gasteiger charge is -2.23. The monoisotopic (exact) mass is 498 g/mol. The third-order valence-electron chi connectivity index (χ3n) is 5.42. The van der Waals surface area contributed by atoms with Crippen LogP contribution in [-0.4, -0.2) is 6.36 Å². The first-order valence-electron chi connectivity index (χ1n) is 10.2. The molecule has 0 radical (unpaired) electrons. The molecule has 1 aliphatic rings. The Hall–Kier alpha value is -2.85. The molecule has 0 aliphatic heterocycles. The number of ether oxygens (including phenoxy) is 2. The van der Waals surface area contributed by atoms with E-state index in [1.165, 1.54) is 6.08 Å². The van der Waals surface area contributed by atoms with Crippen molar-refractivity contribution in [2.45, 2.75) is 45.1 Å². The van der Waals surface area contributed by atoms with Crippen LogP contribution in [0.3, 0.4) is 0 Å². The Morgan fingerprint density at radius 2 is 1.21 bits per heavy atom. The van der Waals surface area contributed by atoms with Crippen LogP contribution in [0.4, 0.5) is 39.5 Å². The molecule has 0 atom stereocenters. The molecule has 0 N–H and O–H groups in total. The lowest BCUT2D eigenvalue weighted by molar-refractivity contribution is -0.276. The van der Waals surface area contributed by atoms with Crippen molar-refractivity contribution in [3.05, 3.63) is 64.7 Å². The summed E-state index contributed by atoms with van der Waals surface area (Å²) in [6.07, 6.45) is -3.08. The molecule has 11 heteroatoms. The van der Waals surface area contributed by atoms with Crippen LogP contribution < -0.4 is 9.47 Å². The van der Waals surface area contributed by atoms with Gasteiger partial charge < -0.3 is 9.47 Å². The Bertz CT molecular complexity index is 1010. The predicted molar refractivity (Wildman–Crippen MR) is 104 cm³/mol. The smallest absolute Gasteiger partial charge is 0.423 e. The summed E-state index contributed by atoms with van der Waals surface area (Å²) in [6, 6.07) is 1.11. The van der Waals surface area contributed by atoms with Gasteiger partial charge >= 0.3 is 12.5 Å². The van der Waals surface area contributed by atoms with E-state index in [2.05, 4.69) is 16.4 Å². The lowest BCUT2D eigenvalue weighted by Crippen LogP contribution is -2.24. The molecule has 2 nitrogen and oxygen atoms in total. The van der Waals surface area contributed by atoms with Crippen molar-refractivity contribution in [1.29, 1.82) is 0 Å². The molecule has 186 valence electrons. The second-order valence-electron chi connectivity index (χ2n) is 8.13. The van der Waals surface area contributed by atoms with Gasteiger partial charge in [0.05, 0.1) is 5.56 Å². The molecule has 0 spiro atoms. The number of halogens is 9. The van der Waals surface area contributed by atoms with Crippen LogP contribution in [0, 0.1) is 35.1 Å². The first-order valence-corrected chi connectivity index (χ1v) is 10.2. The number of benzene rings is 2. The Morgan fingerprint density at radius 1 is 0.735 bits per heavy atom. The first kappa shape index (κ1) is 25.8. The van der Waals surface area contributed by atoms with Crippen LogP contribution in [0.25, 0.3) is 6.08 Å². The molecule has 1 fully saturated rings. The predicted octanol–water partition coefficient (Wildman–Crippen LogP) is 8.11. The Kier molecular flexibility index (Phi) is 7.42. The van der Waals surface area contributed by atoms with Crippen molar-refractivity contribution in [2.24, 2.45) is 11.8 Å². The first-order chi connectivity index (χ1) is 15.7. The molecule has 0 bridgehead atoms. The zero-order valence-electron chi connectivity index (χ0n) is 17.7. The standard InChI is InChI=1S/C23H19F9O2/c1-12-2-4-13(5-3-12)6-7-14-8-16(24)20(17(25)9-14)33-22(28,29)15-10-18(26)21(19(27)11-15)34-23(30,31)32/h6-13H,2-5H2,1H3/b7-6+. The van der Waals surface area contributed by atoms with E-state index < -0.39 is 52.8 Å². The van der Waals surface area contributed by atoms with E-state index in [9.17, 15) is 39.5 Å². The minimum absolute atomic E-state index is 0.0510. The normalized spacial score (nSPS) is 19.5. The molecule has 34 heavy (non-hydrogen) atoms. The molecule has 3 rings (SSSR count). The fourth-order valence-corrected chi connectivity index (χ4v) is 3.63. The van der Waals surface area contributed by atoms with Crippen molar-refractivity contribution in [3.8, 4) is 11.5 Å². The average Bonchev–Trinajstić information content (AvgIpc) is 2.72. The van der Waals surface area contributed by atoms with Crippen molar-refractivity contribution in [3.63, 3.8) is 0 Å². The number of alkyl halides is 5. The van der Waals surface area contributed by atoms with E-state index in [4.69, 9.17) is 0 Å². The van der Waals surface area contributed by atoms with Gasteiger partial charge in [-0.15, -0.1) is 13.2 Å². The number of allylic oxidation sites excluding steroid dienone is 1. The second kappa shape index (κ2) is 9.79. The summed E-state index contributed by atoms with van der Waals surface area (Å²) in [7, 11) is 0. The van der Waals surface area contributed by atoms with Gasteiger partial charge in [0.1, 0.15) is 0 Å². The molecule has 1 aliphatic carbocycles. The van der Waals surface area contributed by atoms with Gasteiger partial charge in [-0.1, -0.05) is 31.9 Å². The van der Waals surface area contributed by atoms with Gasteiger partial charge in [-0.25, -0.2) is 17.6 Å². The van der Waals surface area contributed by atoms with E-state index >= 15 is 0 Å². The van der Waals surface area contributed by atoms with E-state index in [1.54, 1.807) is 6.08 Å². The summed E-state index contributed by atoms with van der Waals surface area (Å²) in [5.41, 5.74) is -1.57. The summed E-state index contributed by atoms with van der Waals surface area (Å²) in [4.78, 5) is 0. The largest absolute Gasteiger partial charge is 0.573 e. The van der Waals surface area contributed by atoms with Crippen LogP contribution in [0.2, 0.25) is 0 Å². The zero-order chi connectivity index (χ0) is 25.3. The van der Waals surface area contributed by atoms with Crippen LogP contribution in [0.15, 0.2) is 30.3 Å². The fraction of sp³-hybridized carbons (Fsp3) is 0.391. The zero-order valence-corrected chi connectivity index (χ0v) is 17.7. The van der Waals surface area contributed by atoms with Crippen molar-refractivity contribution in [2.75, 3.05) is 0 Å². The molecular formula is C23H19F9O2. The number of hydrogen-bond donors (Lipinski definition) is 0. The quantitative estimate of drug-likeness (QED) is 0.375. The molecule has 0 unspecified atom stereocenters. The van der Waals surface area contributed by atoms with Gasteiger partial charge in [0.25, 0.3) is 0 Å². The molecule has 2 aromatic rings. The minimum Gasteiger partial charge on any atom is -0.423 e. The maximum Gasteiger partial charge on any atom is 0.573 e. The third kappa shape index (κ3) is 6.38. The molecule has 2 aromatic carbocycles. The minimum atomic E-state index is -5.49. The maximum absolute atomic E-state index is 14.4. The van der Waals surface area contributed by atoms with Gasteiger partial charge in [-0.05, 0) is 54.5 Å². The topological polar surface area (TPSA) is 18.5 Å². The van der Waals surface area contributed by atoms with E-state index in [-0.39, 0.29) is 23.6 Å².